The SMILES string of the molecule is C.C.C.IP(I)I. The van der Waals surface area contributed by atoms with Gasteiger partial charge in [0.1, 0.15) is 0 Å². The van der Waals surface area contributed by atoms with Crippen LogP contribution < -0.4 is 0 Å². The zero-order valence-corrected chi connectivity index (χ0v) is 8.95. The van der Waals surface area contributed by atoms with Crippen LogP contribution in [0, 0.1) is 0 Å². The average Bonchev–Trinajstić information content (AvgIpc) is 0.811. The molecule has 0 aliphatic carbocycles. The van der Waals surface area contributed by atoms with Crippen LogP contribution in [0.25, 0.3) is 0 Å². The van der Waals surface area contributed by atoms with Gasteiger partial charge in [0.15, 0.2) is 0 Å². The van der Waals surface area contributed by atoms with Gasteiger partial charge in [0.25, 0.3) is 0 Å². The Morgan fingerprint density at radius 1 is 0.714 bits per heavy atom. The Kier molecular flexibility index (Phi) is 51.2. The van der Waals surface area contributed by atoms with E-state index in [0.717, 1.165) is 0 Å². The molecule has 0 radical (unpaired) electrons. The quantitative estimate of drug-likeness (QED) is 0.335. The summed E-state index contributed by atoms with van der Waals surface area (Å²) in [6.07, 6.45) is 0. The van der Waals surface area contributed by atoms with Crippen LogP contribution in [-0.2, 0) is 0 Å². The van der Waals surface area contributed by atoms with Gasteiger partial charge in [-0.2, -0.15) is 0 Å². The van der Waals surface area contributed by atoms with Crippen LogP contribution in [0.15, 0.2) is 0 Å². The molecule has 0 amide bonds. The van der Waals surface area contributed by atoms with Gasteiger partial charge in [-0.1, -0.05) is 22.3 Å². The van der Waals surface area contributed by atoms with E-state index in [9.17, 15) is 0 Å². The molecule has 0 aromatic heterocycles. The van der Waals surface area contributed by atoms with E-state index in [-0.39, 0.29) is 23.1 Å². The standard InChI is InChI=1S/3CH4.I3P/c;;;1-4(2)3/h3*1H4;. The van der Waals surface area contributed by atoms with E-state index in [1.807, 2.05) is 0 Å². The van der Waals surface area contributed by atoms with Crippen molar-refractivity contribution in [1.29, 1.82) is 0 Å². The molecule has 7 heavy (non-hydrogen) atoms. The first kappa shape index (κ1) is 22.6. The number of halogens is 3. The smallest absolute Gasteiger partial charge is 0.0776 e. The topological polar surface area (TPSA) is 0 Å². The van der Waals surface area contributed by atoms with Gasteiger partial charge in [-0.05, 0) is 66.1 Å². The summed E-state index contributed by atoms with van der Waals surface area (Å²) in [7, 11) is 0. The van der Waals surface area contributed by atoms with Crippen LogP contribution >= 0.6 is 67.0 Å². The minimum atomic E-state index is 0. The Morgan fingerprint density at radius 3 is 0.714 bits per heavy atom. The summed E-state index contributed by atoms with van der Waals surface area (Å²) in [6, 6.07) is 0. The molecule has 0 spiro atoms. The summed E-state index contributed by atoms with van der Waals surface area (Å²) < 4.78 is 0.290. The molecule has 0 nitrogen and oxygen atoms in total. The van der Waals surface area contributed by atoms with E-state index in [0.29, 0.717) is 0 Å². The van der Waals surface area contributed by atoms with E-state index < -0.39 is 0 Å². The molecule has 0 rings (SSSR count). The molecular weight excluding hydrogens is 448 g/mol. The summed E-state index contributed by atoms with van der Waals surface area (Å²) in [6.45, 7) is 0. The highest BCUT2D eigenvalue weighted by atomic mass is 127. The molecule has 4 heteroatoms. The van der Waals surface area contributed by atoms with Crippen molar-refractivity contribution in [3.8, 4) is 0 Å². The first-order chi connectivity index (χ1) is 1.73. The second kappa shape index (κ2) is 15.8. The molecule has 0 atom stereocenters. The third-order valence-electron chi connectivity index (χ3n) is 0. The van der Waals surface area contributed by atoms with Crippen molar-refractivity contribution in [2.45, 2.75) is 22.3 Å². The fraction of sp³-hybridized carbons (Fsp3) is 1.00. The first-order valence-electron chi connectivity index (χ1n) is 0.507. The monoisotopic (exact) mass is 460 g/mol. The maximum Gasteiger partial charge on any atom is 0.0884 e. The summed E-state index contributed by atoms with van der Waals surface area (Å²) in [5, 5.41) is 0. The molecule has 50 valence electrons. The molecule has 0 aromatic rings. The molecular formula is C3H12I3P. The van der Waals surface area contributed by atoms with Gasteiger partial charge in [0.2, 0.25) is 0 Å². The summed E-state index contributed by atoms with van der Waals surface area (Å²) in [5.74, 6) is 0. The van der Waals surface area contributed by atoms with Crippen molar-refractivity contribution < 1.29 is 0 Å². The van der Waals surface area contributed by atoms with Gasteiger partial charge in [-0.15, -0.1) is 0 Å². The van der Waals surface area contributed by atoms with Crippen LogP contribution in [0.1, 0.15) is 22.3 Å². The predicted octanol–water partition coefficient (Wildman–Crippen LogP) is 5.43. The highest BCUT2D eigenvalue weighted by molar-refractivity contribution is 14.4. The minimum Gasteiger partial charge on any atom is -0.0776 e. The summed E-state index contributed by atoms with van der Waals surface area (Å²) >= 11 is 7.14. The first-order valence-corrected chi connectivity index (χ1v) is 10.2. The van der Waals surface area contributed by atoms with Gasteiger partial charge < -0.3 is 0 Å². The molecule has 0 bridgehead atoms. The maximum atomic E-state index is 2.38. The third-order valence-corrected chi connectivity index (χ3v) is 0. The Bertz CT molecular complexity index is 14.9. The van der Waals surface area contributed by atoms with Crippen molar-refractivity contribution in [1.82, 2.24) is 0 Å². The second-order valence-electron chi connectivity index (χ2n) is 0.192. The van der Waals surface area contributed by atoms with Gasteiger partial charge in [-0.25, -0.2) is 0 Å². The largest absolute Gasteiger partial charge is 0.0884 e. The normalized spacial score (nSPS) is 5.14. The van der Waals surface area contributed by atoms with Crippen LogP contribution in [0.2, 0.25) is 0 Å². The van der Waals surface area contributed by atoms with Gasteiger partial charge in [-0.3, -0.25) is 0 Å². The third kappa shape index (κ3) is 55.0. The lowest BCUT2D eigenvalue weighted by Crippen LogP contribution is -0.858. The van der Waals surface area contributed by atoms with Crippen molar-refractivity contribution in [3.05, 3.63) is 0 Å². The van der Waals surface area contributed by atoms with E-state index in [2.05, 4.69) is 66.1 Å². The van der Waals surface area contributed by atoms with E-state index in [4.69, 9.17) is 0 Å². The Morgan fingerprint density at radius 2 is 0.714 bits per heavy atom. The number of hydrogen-bond acceptors (Lipinski definition) is 0. The Hall–Kier alpha value is 2.62. The molecule has 0 aromatic carbocycles. The van der Waals surface area contributed by atoms with Crippen molar-refractivity contribution >= 4 is 67.0 Å². The van der Waals surface area contributed by atoms with Crippen molar-refractivity contribution in [2.75, 3.05) is 0 Å². The Labute approximate surface area is 87.8 Å². The zero-order valence-electron chi connectivity index (χ0n) is 1.58. The highest BCUT2D eigenvalue weighted by Crippen LogP contribution is 2.61. The van der Waals surface area contributed by atoms with E-state index >= 15 is 0 Å². The molecule has 0 unspecified atom stereocenters. The summed E-state index contributed by atoms with van der Waals surface area (Å²) in [4.78, 5) is 0. The van der Waals surface area contributed by atoms with Crippen molar-refractivity contribution in [3.63, 3.8) is 0 Å². The molecule has 0 fully saturated rings. The lowest BCUT2D eigenvalue weighted by Gasteiger charge is -1.70. The second-order valence-corrected chi connectivity index (χ2v) is 25.9. The lowest BCUT2D eigenvalue weighted by atomic mass is 12.0. The van der Waals surface area contributed by atoms with Crippen LogP contribution in [0.3, 0.4) is 0 Å². The lowest BCUT2D eigenvalue weighted by molar-refractivity contribution is 2.50. The molecule has 0 saturated heterocycles. The molecule has 0 N–H and O–H groups in total. The fourth-order valence-corrected chi connectivity index (χ4v) is 0. The van der Waals surface area contributed by atoms with Gasteiger partial charge in [0, 0.05) is 0 Å². The van der Waals surface area contributed by atoms with Crippen LogP contribution in [0.4, 0.5) is 0 Å². The van der Waals surface area contributed by atoms with Crippen LogP contribution in [-0.4, -0.2) is 0 Å². The van der Waals surface area contributed by atoms with Crippen LogP contribution in [0.5, 0.6) is 0 Å². The fourth-order valence-electron chi connectivity index (χ4n) is 0. The highest BCUT2D eigenvalue weighted by Gasteiger charge is 1.76. The van der Waals surface area contributed by atoms with Gasteiger partial charge >= 0.3 is 0 Å². The molecule has 0 aliphatic heterocycles. The zero-order chi connectivity index (χ0) is 3.58. The van der Waals surface area contributed by atoms with E-state index in [1.165, 1.54) is 0 Å². The number of rotatable bonds is 0. The Balaban J connectivity index is -0.0000000150. The van der Waals surface area contributed by atoms with Gasteiger partial charge in [0.05, 0.1) is 0.849 Å². The number of hydrogen-bond donors (Lipinski definition) is 0. The predicted molar refractivity (Wildman–Crippen MR) is 69.2 cm³/mol. The maximum absolute atomic E-state index is 2.38. The summed E-state index contributed by atoms with van der Waals surface area (Å²) in [5.41, 5.74) is 0. The average molecular weight is 460 g/mol. The molecule has 0 aliphatic rings. The molecule has 0 heterocycles. The van der Waals surface area contributed by atoms with E-state index in [1.54, 1.807) is 0 Å². The van der Waals surface area contributed by atoms with Crippen molar-refractivity contribution in [2.24, 2.45) is 0 Å². The minimum absolute atomic E-state index is 0. The molecule has 0 saturated carbocycles.